The van der Waals surface area contributed by atoms with E-state index in [1.165, 1.54) is 20.0 Å². The van der Waals surface area contributed by atoms with Crippen molar-refractivity contribution < 1.29 is 28.0 Å². The van der Waals surface area contributed by atoms with Crippen LogP contribution in [0.15, 0.2) is 30.6 Å². The van der Waals surface area contributed by atoms with Gasteiger partial charge in [-0.3, -0.25) is 19.7 Å². The fraction of sp³-hybridized carbons (Fsp3) is 0.200. The minimum Gasteiger partial charge on any atom is -0.485 e. The Morgan fingerprint density at radius 1 is 1.15 bits per heavy atom. The average molecular weight is 460 g/mol. The van der Waals surface area contributed by atoms with Crippen molar-refractivity contribution in [2.45, 2.75) is 6.92 Å². The molecule has 2 aromatic carbocycles. The Balaban J connectivity index is 2.00. The molecule has 13 heteroatoms. The van der Waals surface area contributed by atoms with Gasteiger partial charge in [0.2, 0.25) is 5.91 Å². The Kier molecular flexibility index (Phi) is 6.91. The molecule has 0 radical (unpaired) electrons. The topological polar surface area (TPSA) is 148 Å². The number of rotatable bonds is 8. The molecule has 0 aliphatic heterocycles. The van der Waals surface area contributed by atoms with Crippen LogP contribution in [0.2, 0.25) is 0 Å². The second kappa shape index (κ2) is 9.80. The van der Waals surface area contributed by atoms with Gasteiger partial charge in [0.15, 0.2) is 5.75 Å². The van der Waals surface area contributed by atoms with Crippen LogP contribution >= 0.6 is 0 Å². The summed E-state index contributed by atoms with van der Waals surface area (Å²) in [5.74, 6) is -3.19. The van der Waals surface area contributed by atoms with Crippen molar-refractivity contribution in [3.8, 4) is 5.75 Å². The molecule has 1 aromatic heterocycles. The predicted octanol–water partition coefficient (Wildman–Crippen LogP) is 2.43. The number of aromatic nitrogens is 2. The van der Waals surface area contributed by atoms with Crippen LogP contribution in [0.25, 0.3) is 10.9 Å². The van der Waals surface area contributed by atoms with Gasteiger partial charge in [-0.25, -0.2) is 18.7 Å². The van der Waals surface area contributed by atoms with Gasteiger partial charge in [0.1, 0.15) is 30.4 Å². The number of hydrogen-bond acceptors (Lipinski definition) is 8. The summed E-state index contributed by atoms with van der Waals surface area (Å²) in [6.07, 6.45) is 1.14. The maximum atomic E-state index is 14.3. The van der Waals surface area contributed by atoms with Gasteiger partial charge in [-0.05, 0) is 6.07 Å². The highest BCUT2D eigenvalue weighted by atomic mass is 19.1. The lowest BCUT2D eigenvalue weighted by molar-refractivity contribution is -0.385. The largest absolute Gasteiger partial charge is 0.485 e. The van der Waals surface area contributed by atoms with Gasteiger partial charge in [0.05, 0.1) is 33.6 Å². The van der Waals surface area contributed by atoms with Crippen LogP contribution in [0.4, 0.5) is 26.0 Å². The normalized spacial score (nSPS) is 10.5. The molecule has 1 heterocycles. The first-order valence-electron chi connectivity index (χ1n) is 9.49. The van der Waals surface area contributed by atoms with Crippen LogP contribution in [0, 0.1) is 21.7 Å². The van der Waals surface area contributed by atoms with Gasteiger partial charge >= 0.3 is 5.69 Å². The summed E-state index contributed by atoms with van der Waals surface area (Å²) in [7, 11) is 1.30. The average Bonchev–Trinajstić information content (AvgIpc) is 2.77. The van der Waals surface area contributed by atoms with Gasteiger partial charge in [0, 0.05) is 32.2 Å². The van der Waals surface area contributed by atoms with E-state index in [0.717, 1.165) is 18.5 Å². The highest BCUT2D eigenvalue weighted by molar-refractivity contribution is 5.97. The predicted molar refractivity (Wildman–Crippen MR) is 113 cm³/mol. The lowest BCUT2D eigenvalue weighted by Gasteiger charge is -2.12. The fourth-order valence-corrected chi connectivity index (χ4v) is 2.90. The van der Waals surface area contributed by atoms with Crippen LogP contribution < -0.4 is 20.7 Å². The Bertz CT molecular complexity index is 1250. The highest BCUT2D eigenvalue weighted by Crippen LogP contribution is 2.35. The third-order valence-electron chi connectivity index (χ3n) is 4.43. The van der Waals surface area contributed by atoms with Crippen LogP contribution in [0.1, 0.15) is 17.3 Å². The standard InChI is InChI=1S/C20H18F2N6O5/c1-10(29)24-3-4-33-18-8-15-12(6-17(18)28(31)32)19(26-9-25-15)27-16-5-11(20(30)23-2)13(21)7-14(16)22/h5-9H,3-4H2,1-2H3,(H,23,30)(H,24,29)(H,25,26,27). The van der Waals surface area contributed by atoms with Crippen molar-refractivity contribution in [3.63, 3.8) is 0 Å². The zero-order chi connectivity index (χ0) is 24.1. The molecule has 11 nitrogen and oxygen atoms in total. The van der Waals surface area contributed by atoms with Crippen molar-refractivity contribution in [2.75, 3.05) is 25.5 Å². The van der Waals surface area contributed by atoms with Crippen molar-refractivity contribution >= 4 is 39.9 Å². The van der Waals surface area contributed by atoms with Crippen LogP contribution in [0.5, 0.6) is 5.75 Å². The van der Waals surface area contributed by atoms with Gasteiger partial charge in [-0.1, -0.05) is 0 Å². The third-order valence-corrected chi connectivity index (χ3v) is 4.43. The number of ether oxygens (including phenoxy) is 1. The summed E-state index contributed by atoms with van der Waals surface area (Å²) >= 11 is 0. The molecule has 0 saturated carbocycles. The Hall–Kier alpha value is -4.42. The number of anilines is 2. The molecule has 33 heavy (non-hydrogen) atoms. The van der Waals surface area contributed by atoms with E-state index in [4.69, 9.17) is 4.74 Å². The number of benzene rings is 2. The van der Waals surface area contributed by atoms with Crippen molar-refractivity contribution in [3.05, 3.63) is 57.9 Å². The lowest BCUT2D eigenvalue weighted by atomic mass is 10.1. The van der Waals surface area contributed by atoms with Gasteiger partial charge < -0.3 is 20.7 Å². The van der Waals surface area contributed by atoms with E-state index in [0.29, 0.717) is 6.07 Å². The molecule has 2 amide bonds. The molecule has 0 saturated heterocycles. The number of nitrogens with zero attached hydrogens (tertiary/aromatic N) is 3. The minimum atomic E-state index is -1.05. The summed E-state index contributed by atoms with van der Waals surface area (Å²) in [6, 6.07) is 3.96. The molecule has 0 aliphatic carbocycles. The monoisotopic (exact) mass is 460 g/mol. The minimum absolute atomic E-state index is 0.0127. The molecule has 0 bridgehead atoms. The second-order valence-corrected chi connectivity index (χ2v) is 6.66. The van der Waals surface area contributed by atoms with E-state index in [-0.39, 0.29) is 47.2 Å². The maximum absolute atomic E-state index is 14.3. The molecule has 0 fully saturated rings. The van der Waals surface area contributed by atoms with Crippen LogP contribution in [-0.2, 0) is 4.79 Å². The summed E-state index contributed by atoms with van der Waals surface area (Å²) in [5, 5.41) is 19.1. The summed E-state index contributed by atoms with van der Waals surface area (Å²) < 4.78 is 33.7. The zero-order valence-electron chi connectivity index (χ0n) is 17.4. The van der Waals surface area contributed by atoms with Gasteiger partial charge in [-0.15, -0.1) is 0 Å². The number of hydrogen-bond donors (Lipinski definition) is 3. The van der Waals surface area contributed by atoms with Crippen molar-refractivity contribution in [1.29, 1.82) is 0 Å². The molecule has 172 valence electrons. The van der Waals surface area contributed by atoms with Gasteiger partial charge in [-0.2, -0.15) is 0 Å². The van der Waals surface area contributed by atoms with E-state index < -0.39 is 33.7 Å². The number of fused-ring (bicyclic) bond motifs is 1. The fourth-order valence-electron chi connectivity index (χ4n) is 2.90. The van der Waals surface area contributed by atoms with E-state index in [1.54, 1.807) is 0 Å². The number of nitro benzene ring substituents is 1. The third kappa shape index (κ3) is 5.26. The first kappa shape index (κ1) is 23.2. The van der Waals surface area contributed by atoms with E-state index >= 15 is 0 Å². The smallest absolute Gasteiger partial charge is 0.311 e. The first-order valence-corrected chi connectivity index (χ1v) is 9.49. The molecule has 0 spiro atoms. The van der Waals surface area contributed by atoms with E-state index in [2.05, 4.69) is 25.9 Å². The van der Waals surface area contributed by atoms with Crippen LogP contribution in [-0.4, -0.2) is 46.9 Å². The zero-order valence-corrected chi connectivity index (χ0v) is 17.4. The number of carbonyl (C=O) groups excluding carboxylic acids is 2. The quantitative estimate of drug-likeness (QED) is 0.264. The second-order valence-electron chi connectivity index (χ2n) is 6.66. The Morgan fingerprint density at radius 2 is 1.91 bits per heavy atom. The molecule has 0 atom stereocenters. The highest BCUT2D eigenvalue weighted by Gasteiger charge is 2.21. The van der Waals surface area contributed by atoms with Crippen LogP contribution in [0.3, 0.4) is 0 Å². The molecule has 0 aliphatic rings. The van der Waals surface area contributed by atoms with Crippen molar-refractivity contribution in [2.24, 2.45) is 0 Å². The van der Waals surface area contributed by atoms with E-state index in [9.17, 15) is 28.5 Å². The van der Waals surface area contributed by atoms with E-state index in [1.807, 2.05) is 0 Å². The molecule has 3 N–H and O–H groups in total. The number of nitrogens with one attached hydrogen (secondary N) is 3. The lowest BCUT2D eigenvalue weighted by Crippen LogP contribution is -2.25. The summed E-state index contributed by atoms with van der Waals surface area (Å²) in [4.78, 5) is 41.7. The van der Waals surface area contributed by atoms with Crippen molar-refractivity contribution in [1.82, 2.24) is 20.6 Å². The summed E-state index contributed by atoms with van der Waals surface area (Å²) in [6.45, 7) is 1.44. The molecular weight excluding hydrogens is 442 g/mol. The Labute approximate surface area is 185 Å². The first-order chi connectivity index (χ1) is 15.7. The number of carbonyl (C=O) groups is 2. The molecule has 3 aromatic rings. The molecule has 3 rings (SSSR count). The Morgan fingerprint density at radius 3 is 2.58 bits per heavy atom. The van der Waals surface area contributed by atoms with Gasteiger partial charge in [0.25, 0.3) is 5.91 Å². The number of halogens is 2. The SMILES string of the molecule is CNC(=O)c1cc(Nc2ncnc3cc(OCCNC(C)=O)c([N+](=O)[O-])cc23)c(F)cc1F. The molecular formula is C20H18F2N6O5. The summed E-state index contributed by atoms with van der Waals surface area (Å²) in [5.41, 5.74) is -0.843. The maximum Gasteiger partial charge on any atom is 0.311 e. The number of nitro groups is 1. The molecule has 0 unspecified atom stereocenters. The number of amides is 2.